The zero-order valence-corrected chi connectivity index (χ0v) is 10.4. The maximum atomic E-state index is 11.7. The summed E-state index contributed by atoms with van der Waals surface area (Å²) in [6.07, 6.45) is 1.47. The number of esters is 2. The average Bonchev–Trinajstić information content (AvgIpc) is 2.40. The monoisotopic (exact) mass is 264 g/mol. The molecule has 4 N–H and O–H groups in total. The lowest BCUT2D eigenvalue weighted by molar-refractivity contribution is -0.137. The van der Waals surface area contributed by atoms with E-state index in [1.807, 2.05) is 0 Å². The first-order valence-electron chi connectivity index (χ1n) is 5.66. The van der Waals surface area contributed by atoms with Crippen LogP contribution in [-0.4, -0.2) is 25.2 Å². The molecular weight excluding hydrogens is 248 g/mol. The fraction of sp³-hybridized carbons (Fsp3) is 0.231. The second-order valence-electron chi connectivity index (χ2n) is 3.71. The van der Waals surface area contributed by atoms with E-state index < -0.39 is 11.9 Å². The van der Waals surface area contributed by atoms with Crippen LogP contribution in [0.25, 0.3) is 0 Å². The number of ether oxygens (including phenoxy) is 2. The number of carbonyl (C=O) groups is 2. The molecule has 0 spiro atoms. The van der Waals surface area contributed by atoms with Gasteiger partial charge in [-0.2, -0.15) is 0 Å². The van der Waals surface area contributed by atoms with Gasteiger partial charge in [0.1, 0.15) is 0 Å². The van der Waals surface area contributed by atoms with Gasteiger partial charge in [-0.05, 0) is 18.2 Å². The smallest absolute Gasteiger partial charge is 0.340 e. The second kappa shape index (κ2) is 7.05. The molecule has 0 amide bonds. The van der Waals surface area contributed by atoms with Crippen molar-refractivity contribution in [2.75, 3.05) is 24.7 Å². The third kappa shape index (κ3) is 4.71. The van der Waals surface area contributed by atoms with Crippen molar-refractivity contribution in [3.63, 3.8) is 0 Å². The highest BCUT2D eigenvalue weighted by Gasteiger charge is 2.11. The Hall–Kier alpha value is -2.50. The van der Waals surface area contributed by atoms with Gasteiger partial charge < -0.3 is 20.9 Å². The lowest BCUT2D eigenvalue weighted by atomic mass is 10.1. The molecular formula is C13H16N2O4. The highest BCUT2D eigenvalue weighted by molar-refractivity contribution is 5.96. The summed E-state index contributed by atoms with van der Waals surface area (Å²) in [5.74, 6) is -1.06. The van der Waals surface area contributed by atoms with Crippen LogP contribution in [0, 0.1) is 0 Å². The molecule has 0 aliphatic rings. The topological polar surface area (TPSA) is 105 Å². The van der Waals surface area contributed by atoms with E-state index in [1.54, 1.807) is 6.07 Å². The molecule has 0 aliphatic carbocycles. The number of carbonyl (C=O) groups excluding carboxylic acids is 2. The van der Waals surface area contributed by atoms with Gasteiger partial charge in [-0.1, -0.05) is 6.58 Å². The Morgan fingerprint density at radius 3 is 2.58 bits per heavy atom. The van der Waals surface area contributed by atoms with Gasteiger partial charge in [0.15, 0.2) is 0 Å². The summed E-state index contributed by atoms with van der Waals surface area (Å²) in [7, 11) is 0. The second-order valence-corrected chi connectivity index (χ2v) is 3.71. The number of nitrogen functional groups attached to an aromatic ring is 2. The maximum Gasteiger partial charge on any atom is 0.340 e. The standard InChI is InChI=1S/C13H16N2O4/c1-2-12(16)18-6-3-7-19-13(17)10-8-9(14)4-5-11(10)15/h2,4-5,8H,1,3,6-7,14-15H2. The molecule has 0 fully saturated rings. The zero-order valence-electron chi connectivity index (χ0n) is 10.4. The molecule has 1 aromatic carbocycles. The van der Waals surface area contributed by atoms with Crippen LogP contribution in [0.3, 0.4) is 0 Å². The summed E-state index contributed by atoms with van der Waals surface area (Å²) in [6.45, 7) is 3.54. The largest absolute Gasteiger partial charge is 0.462 e. The van der Waals surface area contributed by atoms with Gasteiger partial charge in [-0.15, -0.1) is 0 Å². The van der Waals surface area contributed by atoms with E-state index in [-0.39, 0.29) is 18.8 Å². The quantitative estimate of drug-likeness (QED) is 0.345. The molecule has 1 aromatic rings. The van der Waals surface area contributed by atoms with Crippen molar-refractivity contribution in [1.29, 1.82) is 0 Å². The van der Waals surface area contributed by atoms with Crippen LogP contribution >= 0.6 is 0 Å². The summed E-state index contributed by atoms with van der Waals surface area (Å²) >= 11 is 0. The third-order valence-electron chi connectivity index (χ3n) is 2.23. The number of rotatable bonds is 6. The third-order valence-corrected chi connectivity index (χ3v) is 2.23. The Kier molecular flexibility index (Phi) is 5.40. The predicted molar refractivity (Wildman–Crippen MR) is 71.3 cm³/mol. The van der Waals surface area contributed by atoms with E-state index in [2.05, 4.69) is 6.58 Å². The Labute approximate surface area is 111 Å². The van der Waals surface area contributed by atoms with Crippen molar-refractivity contribution < 1.29 is 19.1 Å². The maximum absolute atomic E-state index is 11.7. The van der Waals surface area contributed by atoms with Crippen molar-refractivity contribution in [2.24, 2.45) is 0 Å². The van der Waals surface area contributed by atoms with Gasteiger partial charge in [0.25, 0.3) is 0 Å². The Bertz CT molecular complexity index is 486. The number of benzene rings is 1. The summed E-state index contributed by atoms with van der Waals surface area (Å²) in [6, 6.07) is 4.59. The summed E-state index contributed by atoms with van der Waals surface area (Å²) < 4.78 is 9.72. The fourth-order valence-corrected chi connectivity index (χ4v) is 1.28. The van der Waals surface area contributed by atoms with Crippen molar-refractivity contribution >= 4 is 23.3 Å². The van der Waals surface area contributed by atoms with Crippen molar-refractivity contribution in [2.45, 2.75) is 6.42 Å². The number of nitrogens with two attached hydrogens (primary N) is 2. The van der Waals surface area contributed by atoms with Gasteiger partial charge in [0.2, 0.25) is 0 Å². The summed E-state index contributed by atoms with van der Waals surface area (Å²) in [5.41, 5.74) is 12.2. The minimum absolute atomic E-state index is 0.123. The highest BCUT2D eigenvalue weighted by Crippen LogP contribution is 2.16. The van der Waals surface area contributed by atoms with Crippen LogP contribution in [0.2, 0.25) is 0 Å². The molecule has 6 heteroatoms. The first kappa shape index (κ1) is 14.6. The highest BCUT2D eigenvalue weighted by atomic mass is 16.5. The van der Waals surface area contributed by atoms with Gasteiger partial charge >= 0.3 is 11.9 Å². The molecule has 0 aliphatic heterocycles. The van der Waals surface area contributed by atoms with Gasteiger partial charge in [-0.3, -0.25) is 0 Å². The molecule has 0 saturated heterocycles. The molecule has 0 saturated carbocycles. The number of hydrogen-bond donors (Lipinski definition) is 2. The molecule has 0 heterocycles. The van der Waals surface area contributed by atoms with E-state index in [0.717, 1.165) is 6.08 Å². The zero-order chi connectivity index (χ0) is 14.3. The van der Waals surface area contributed by atoms with Crippen LogP contribution in [0.1, 0.15) is 16.8 Å². The SMILES string of the molecule is C=CC(=O)OCCCOC(=O)c1cc(N)ccc1N. The van der Waals surface area contributed by atoms with Gasteiger partial charge in [0.05, 0.1) is 18.8 Å². The van der Waals surface area contributed by atoms with Gasteiger partial charge in [0, 0.05) is 23.9 Å². The Morgan fingerprint density at radius 2 is 1.89 bits per heavy atom. The summed E-state index contributed by atoms with van der Waals surface area (Å²) in [5, 5.41) is 0. The van der Waals surface area contributed by atoms with Crippen LogP contribution in [-0.2, 0) is 14.3 Å². The van der Waals surface area contributed by atoms with E-state index in [9.17, 15) is 9.59 Å². The minimum atomic E-state index is -0.556. The molecule has 0 atom stereocenters. The number of hydrogen-bond acceptors (Lipinski definition) is 6. The molecule has 6 nitrogen and oxygen atoms in total. The fourth-order valence-electron chi connectivity index (χ4n) is 1.28. The molecule has 0 bridgehead atoms. The predicted octanol–water partition coefficient (Wildman–Crippen LogP) is 1.13. The Morgan fingerprint density at radius 1 is 1.21 bits per heavy atom. The van der Waals surface area contributed by atoms with Gasteiger partial charge in [-0.25, -0.2) is 9.59 Å². The van der Waals surface area contributed by atoms with E-state index in [4.69, 9.17) is 20.9 Å². The summed E-state index contributed by atoms with van der Waals surface area (Å²) in [4.78, 5) is 22.4. The molecule has 0 unspecified atom stereocenters. The normalized spacial score (nSPS) is 9.68. The Balaban J connectivity index is 2.37. The van der Waals surface area contributed by atoms with Crippen molar-refractivity contribution in [3.8, 4) is 0 Å². The average molecular weight is 264 g/mol. The van der Waals surface area contributed by atoms with Crippen LogP contribution in [0.5, 0.6) is 0 Å². The lowest BCUT2D eigenvalue weighted by Gasteiger charge is -2.07. The van der Waals surface area contributed by atoms with E-state index in [0.29, 0.717) is 17.8 Å². The number of anilines is 2. The van der Waals surface area contributed by atoms with Crippen LogP contribution < -0.4 is 11.5 Å². The first-order valence-corrected chi connectivity index (χ1v) is 5.66. The lowest BCUT2D eigenvalue weighted by Crippen LogP contribution is -2.11. The van der Waals surface area contributed by atoms with Crippen molar-refractivity contribution in [3.05, 3.63) is 36.4 Å². The molecule has 1 rings (SSSR count). The van der Waals surface area contributed by atoms with Crippen LogP contribution in [0.15, 0.2) is 30.9 Å². The molecule has 19 heavy (non-hydrogen) atoms. The van der Waals surface area contributed by atoms with E-state index >= 15 is 0 Å². The molecule has 0 aromatic heterocycles. The molecule has 0 radical (unpaired) electrons. The minimum Gasteiger partial charge on any atom is -0.462 e. The van der Waals surface area contributed by atoms with E-state index in [1.165, 1.54) is 12.1 Å². The first-order chi connectivity index (χ1) is 9.04. The van der Waals surface area contributed by atoms with Crippen LogP contribution in [0.4, 0.5) is 11.4 Å². The van der Waals surface area contributed by atoms with Crippen molar-refractivity contribution in [1.82, 2.24) is 0 Å². The molecule has 102 valence electrons.